The van der Waals surface area contributed by atoms with E-state index in [2.05, 4.69) is 15.5 Å². The summed E-state index contributed by atoms with van der Waals surface area (Å²) in [5, 5.41) is 11.3. The van der Waals surface area contributed by atoms with Gasteiger partial charge in [0.25, 0.3) is 0 Å². The van der Waals surface area contributed by atoms with Gasteiger partial charge in [0.1, 0.15) is 5.82 Å². The molecule has 0 unspecified atom stereocenters. The standard InChI is InChI=1S/C11H16FN5.ClH/c1-7-5-14-17(4)11(7)13-6-9-8(2)15-16(3)10(9)12;/h5,13H,6H2,1-4H3;1H. The quantitative estimate of drug-likeness (QED) is 0.930. The largest absolute Gasteiger partial charge is 0.366 e. The molecule has 18 heavy (non-hydrogen) atoms. The predicted octanol–water partition coefficient (Wildman–Crippen LogP) is 1.94. The van der Waals surface area contributed by atoms with E-state index >= 15 is 0 Å². The number of nitrogens with zero attached hydrogens (tertiary/aromatic N) is 4. The number of nitrogens with one attached hydrogen (secondary N) is 1. The predicted molar refractivity (Wildman–Crippen MR) is 70.4 cm³/mol. The first-order valence-corrected chi connectivity index (χ1v) is 5.41. The van der Waals surface area contributed by atoms with Gasteiger partial charge in [0.05, 0.1) is 11.9 Å². The summed E-state index contributed by atoms with van der Waals surface area (Å²) in [6.07, 6.45) is 1.77. The van der Waals surface area contributed by atoms with Crippen LogP contribution in [-0.2, 0) is 20.6 Å². The van der Waals surface area contributed by atoms with Gasteiger partial charge in [0.2, 0.25) is 5.95 Å². The number of hydrogen-bond donors (Lipinski definition) is 1. The van der Waals surface area contributed by atoms with E-state index in [9.17, 15) is 4.39 Å². The molecule has 0 atom stereocenters. The number of halogens is 2. The summed E-state index contributed by atoms with van der Waals surface area (Å²) in [4.78, 5) is 0. The van der Waals surface area contributed by atoms with Crippen molar-refractivity contribution in [1.82, 2.24) is 19.6 Å². The van der Waals surface area contributed by atoms with E-state index in [1.165, 1.54) is 4.68 Å². The average Bonchev–Trinajstić information content (AvgIpc) is 2.70. The van der Waals surface area contributed by atoms with Crippen molar-refractivity contribution in [3.05, 3.63) is 29.0 Å². The van der Waals surface area contributed by atoms with Crippen LogP contribution in [0.3, 0.4) is 0 Å². The van der Waals surface area contributed by atoms with Crippen molar-refractivity contribution in [1.29, 1.82) is 0 Å². The summed E-state index contributed by atoms with van der Waals surface area (Å²) >= 11 is 0. The lowest BCUT2D eigenvalue weighted by Gasteiger charge is -2.07. The SMILES string of the molecule is Cc1cnn(C)c1NCc1c(C)nn(C)c1F.Cl. The van der Waals surface area contributed by atoms with Gasteiger partial charge in [-0.25, -0.2) is 4.68 Å². The Labute approximate surface area is 111 Å². The van der Waals surface area contributed by atoms with Crippen LogP contribution in [0.15, 0.2) is 6.20 Å². The smallest absolute Gasteiger partial charge is 0.216 e. The number of aromatic nitrogens is 4. The first-order valence-electron chi connectivity index (χ1n) is 5.41. The van der Waals surface area contributed by atoms with Crippen LogP contribution >= 0.6 is 12.4 Å². The second-order valence-corrected chi connectivity index (χ2v) is 4.13. The van der Waals surface area contributed by atoms with Crippen LogP contribution in [0.1, 0.15) is 16.8 Å². The van der Waals surface area contributed by atoms with Crippen LogP contribution in [0.2, 0.25) is 0 Å². The van der Waals surface area contributed by atoms with Crippen molar-refractivity contribution in [3.63, 3.8) is 0 Å². The van der Waals surface area contributed by atoms with Crippen molar-refractivity contribution in [2.24, 2.45) is 14.1 Å². The molecule has 0 spiro atoms. The highest BCUT2D eigenvalue weighted by Gasteiger charge is 2.13. The summed E-state index contributed by atoms with van der Waals surface area (Å²) in [7, 11) is 3.45. The molecule has 1 N–H and O–H groups in total. The number of rotatable bonds is 3. The van der Waals surface area contributed by atoms with Gasteiger partial charge in [-0.15, -0.1) is 12.4 Å². The molecule has 5 nitrogen and oxygen atoms in total. The fourth-order valence-electron chi connectivity index (χ4n) is 1.85. The average molecular weight is 274 g/mol. The molecule has 0 bridgehead atoms. The number of anilines is 1. The summed E-state index contributed by atoms with van der Waals surface area (Å²) in [6, 6.07) is 0. The van der Waals surface area contributed by atoms with E-state index in [1.54, 1.807) is 24.9 Å². The Hall–Kier alpha value is -1.56. The van der Waals surface area contributed by atoms with E-state index in [1.807, 2.05) is 14.0 Å². The van der Waals surface area contributed by atoms with Crippen molar-refractivity contribution < 1.29 is 4.39 Å². The highest BCUT2D eigenvalue weighted by molar-refractivity contribution is 5.85. The summed E-state index contributed by atoms with van der Waals surface area (Å²) in [5.74, 6) is 0.600. The summed E-state index contributed by atoms with van der Waals surface area (Å²) in [5.41, 5.74) is 2.33. The van der Waals surface area contributed by atoms with Gasteiger partial charge in [0, 0.05) is 31.8 Å². The van der Waals surface area contributed by atoms with Crippen LogP contribution in [-0.4, -0.2) is 19.6 Å². The molecule has 7 heteroatoms. The maximum Gasteiger partial charge on any atom is 0.216 e. The number of hydrogen-bond acceptors (Lipinski definition) is 3. The fourth-order valence-corrected chi connectivity index (χ4v) is 1.85. The van der Waals surface area contributed by atoms with Gasteiger partial charge in [-0.2, -0.15) is 14.6 Å². The molecule has 0 aromatic carbocycles. The summed E-state index contributed by atoms with van der Waals surface area (Å²) in [6.45, 7) is 4.17. The molecule has 0 radical (unpaired) electrons. The monoisotopic (exact) mass is 273 g/mol. The van der Waals surface area contributed by atoms with Gasteiger partial charge < -0.3 is 5.32 Å². The molecule has 0 fully saturated rings. The van der Waals surface area contributed by atoms with E-state index in [4.69, 9.17) is 0 Å². The molecule has 0 saturated heterocycles. The highest BCUT2D eigenvalue weighted by atomic mass is 35.5. The topological polar surface area (TPSA) is 47.7 Å². The van der Waals surface area contributed by atoms with Gasteiger partial charge in [-0.1, -0.05) is 0 Å². The van der Waals surface area contributed by atoms with E-state index in [-0.39, 0.29) is 18.4 Å². The second-order valence-electron chi connectivity index (χ2n) is 4.13. The molecule has 100 valence electrons. The Morgan fingerprint density at radius 1 is 1.28 bits per heavy atom. The van der Waals surface area contributed by atoms with Gasteiger partial charge in [-0.05, 0) is 13.8 Å². The van der Waals surface area contributed by atoms with Crippen LogP contribution in [0.5, 0.6) is 0 Å². The molecule has 2 aromatic rings. The van der Waals surface area contributed by atoms with Crippen molar-refractivity contribution in [3.8, 4) is 0 Å². The van der Waals surface area contributed by atoms with Crippen LogP contribution in [0, 0.1) is 19.8 Å². The van der Waals surface area contributed by atoms with E-state index in [0.717, 1.165) is 11.4 Å². The Kier molecular flexibility index (Phi) is 4.34. The molecular weight excluding hydrogens is 257 g/mol. The van der Waals surface area contributed by atoms with Crippen LogP contribution < -0.4 is 5.32 Å². The molecule has 0 aliphatic rings. The third-order valence-electron chi connectivity index (χ3n) is 2.82. The van der Waals surface area contributed by atoms with E-state index < -0.39 is 0 Å². The molecule has 0 saturated carbocycles. The first kappa shape index (κ1) is 14.5. The molecule has 0 amide bonds. The van der Waals surface area contributed by atoms with Crippen molar-refractivity contribution >= 4 is 18.2 Å². The van der Waals surface area contributed by atoms with E-state index in [0.29, 0.717) is 17.8 Å². The van der Waals surface area contributed by atoms with Crippen molar-refractivity contribution in [2.45, 2.75) is 20.4 Å². The van der Waals surface area contributed by atoms with Crippen LogP contribution in [0.25, 0.3) is 0 Å². The Morgan fingerprint density at radius 3 is 2.39 bits per heavy atom. The zero-order chi connectivity index (χ0) is 12.6. The second kappa shape index (κ2) is 5.39. The molecule has 0 aliphatic heterocycles. The van der Waals surface area contributed by atoms with Gasteiger partial charge >= 0.3 is 0 Å². The fraction of sp³-hybridized carbons (Fsp3) is 0.455. The van der Waals surface area contributed by atoms with Gasteiger partial charge in [-0.3, -0.25) is 4.68 Å². The highest BCUT2D eigenvalue weighted by Crippen LogP contribution is 2.16. The minimum Gasteiger partial charge on any atom is -0.366 e. The van der Waals surface area contributed by atoms with Crippen molar-refractivity contribution in [2.75, 3.05) is 5.32 Å². The summed E-state index contributed by atoms with van der Waals surface area (Å²) < 4.78 is 16.7. The maximum atomic E-state index is 13.7. The lowest BCUT2D eigenvalue weighted by atomic mass is 10.2. The van der Waals surface area contributed by atoms with Crippen LogP contribution in [0.4, 0.5) is 10.2 Å². The molecule has 0 aliphatic carbocycles. The number of aryl methyl sites for hydroxylation is 4. The minimum absolute atomic E-state index is 0. The Bertz CT molecular complexity index is 526. The maximum absolute atomic E-state index is 13.7. The zero-order valence-electron chi connectivity index (χ0n) is 10.9. The Morgan fingerprint density at radius 2 is 1.94 bits per heavy atom. The molecular formula is C11H17ClFN5. The minimum atomic E-state index is -0.296. The Balaban J connectivity index is 0.00000162. The zero-order valence-corrected chi connectivity index (χ0v) is 11.7. The third kappa shape index (κ3) is 2.48. The lowest BCUT2D eigenvalue weighted by molar-refractivity contribution is 0.496. The first-order chi connectivity index (χ1) is 8.00. The van der Waals surface area contributed by atoms with Gasteiger partial charge in [0.15, 0.2) is 0 Å². The molecule has 2 heterocycles. The molecule has 2 rings (SSSR count). The lowest BCUT2D eigenvalue weighted by Crippen LogP contribution is -2.07. The molecule has 2 aromatic heterocycles. The normalized spacial score (nSPS) is 10.3. The third-order valence-corrected chi connectivity index (χ3v) is 2.82.